The number of rotatable bonds is 25. The van der Waals surface area contributed by atoms with Crippen LogP contribution in [0.3, 0.4) is 0 Å². The molecule has 13 heteroatoms. The van der Waals surface area contributed by atoms with Gasteiger partial charge in [0.25, 0.3) is 0 Å². The van der Waals surface area contributed by atoms with Crippen molar-refractivity contribution in [1.29, 1.82) is 0 Å². The summed E-state index contributed by atoms with van der Waals surface area (Å²) in [5, 5.41) is 13.4. The Labute approximate surface area is 432 Å². The van der Waals surface area contributed by atoms with E-state index in [2.05, 4.69) is 15.5 Å². The zero-order valence-electron chi connectivity index (χ0n) is 41.2. The van der Waals surface area contributed by atoms with Crippen LogP contribution in [0.5, 0.6) is 0 Å². The maximum atomic E-state index is 7.61. The summed E-state index contributed by atoms with van der Waals surface area (Å²) in [6.45, 7) is 2.25. The van der Waals surface area contributed by atoms with Crippen LogP contribution in [0.25, 0.3) is 0 Å². The Kier molecular flexibility index (Phi) is 18.2. The van der Waals surface area contributed by atoms with E-state index in [1.165, 1.54) is 0 Å². The molecule has 8 aromatic rings. The largest absolute Gasteiger partial charge is 0.374 e. The molecule has 380 valence electrons. The fraction of sp³-hybridized carbons (Fsp3) is 0.295. The van der Waals surface area contributed by atoms with Crippen molar-refractivity contribution < 1.29 is 42.6 Å². The third kappa shape index (κ3) is 13.7. The van der Waals surface area contributed by atoms with Crippen LogP contribution in [0.2, 0.25) is 0 Å². The monoisotopic (exact) mass is 994 g/mol. The van der Waals surface area contributed by atoms with Crippen molar-refractivity contribution in [2.75, 3.05) is 13.2 Å². The van der Waals surface area contributed by atoms with E-state index in [1.54, 1.807) is 4.68 Å². The second-order valence-corrected chi connectivity index (χ2v) is 18.5. The van der Waals surface area contributed by atoms with E-state index in [1.807, 2.05) is 212 Å². The molecular weight excluding hydrogens is 933 g/mol. The Morgan fingerprint density at radius 3 is 1.18 bits per heavy atom. The molecule has 0 unspecified atom stereocenters. The molecule has 0 aliphatic carbocycles. The Morgan fingerprint density at radius 1 is 0.365 bits per heavy atom. The molecule has 3 heterocycles. The summed E-state index contributed by atoms with van der Waals surface area (Å²) in [5.41, 5.74) is 6.93. The van der Waals surface area contributed by atoms with Gasteiger partial charge >= 0.3 is 0 Å². The van der Waals surface area contributed by atoms with Gasteiger partial charge in [-0.05, 0) is 49.4 Å². The molecule has 7 aromatic carbocycles. The predicted molar refractivity (Wildman–Crippen MR) is 277 cm³/mol. The molecule has 10 rings (SSSR count). The lowest BCUT2D eigenvalue weighted by molar-refractivity contribution is -0.350. The van der Waals surface area contributed by atoms with Gasteiger partial charge in [0.1, 0.15) is 48.8 Å². The maximum absolute atomic E-state index is 7.61. The van der Waals surface area contributed by atoms with E-state index < -0.39 is 55.1 Å². The molecule has 0 radical (unpaired) electrons. The smallest absolute Gasteiger partial charge is 0.187 e. The molecular formula is C61H62N4O9. The first-order valence-corrected chi connectivity index (χ1v) is 25.3. The average molecular weight is 995 g/mol. The van der Waals surface area contributed by atoms with Crippen molar-refractivity contribution in [3.8, 4) is 0 Å². The lowest BCUT2D eigenvalue weighted by Gasteiger charge is -2.49. The van der Waals surface area contributed by atoms with Crippen LogP contribution >= 0.6 is 0 Å². The first-order chi connectivity index (χ1) is 36.7. The molecule has 1 saturated heterocycles. The summed E-state index contributed by atoms with van der Waals surface area (Å²) >= 11 is 0. The zero-order chi connectivity index (χ0) is 50.0. The highest BCUT2D eigenvalue weighted by atomic mass is 16.7. The fourth-order valence-electron chi connectivity index (χ4n) is 9.40. The van der Waals surface area contributed by atoms with Crippen molar-refractivity contribution in [3.63, 3.8) is 0 Å². The predicted octanol–water partition coefficient (Wildman–Crippen LogP) is 10.4. The Bertz CT molecular complexity index is 2820. The number of hydrogen-bond donors (Lipinski definition) is 0. The molecule has 13 nitrogen and oxygen atoms in total. The normalized spacial score (nSPS) is 22.5. The second kappa shape index (κ2) is 26.5. The molecule has 0 N–H and O–H groups in total. The number of fused-ring (bicyclic) bond motifs is 1. The highest BCUT2D eigenvalue weighted by Gasteiger charge is 2.54. The summed E-state index contributed by atoms with van der Waals surface area (Å²) in [6, 6.07) is 69.7. The molecule has 9 atom stereocenters. The van der Waals surface area contributed by atoms with E-state index in [-0.39, 0.29) is 46.2 Å². The van der Waals surface area contributed by atoms with Crippen LogP contribution in [0.1, 0.15) is 56.9 Å². The van der Waals surface area contributed by atoms with Gasteiger partial charge in [0.2, 0.25) is 0 Å². The number of aromatic nitrogens is 4. The first-order valence-electron chi connectivity index (χ1n) is 25.3. The molecule has 2 aliphatic heterocycles. The van der Waals surface area contributed by atoms with E-state index in [4.69, 9.17) is 42.6 Å². The molecule has 0 spiro atoms. The lowest BCUT2D eigenvalue weighted by Crippen LogP contribution is -2.63. The van der Waals surface area contributed by atoms with Crippen LogP contribution < -0.4 is 0 Å². The summed E-state index contributed by atoms with van der Waals surface area (Å²) in [6.07, 6.45) is -6.58. The van der Waals surface area contributed by atoms with E-state index >= 15 is 0 Å². The van der Waals surface area contributed by atoms with Crippen molar-refractivity contribution in [3.05, 3.63) is 257 Å². The highest BCUT2D eigenvalue weighted by Crippen LogP contribution is 2.41. The van der Waals surface area contributed by atoms with Crippen LogP contribution in [0.15, 0.2) is 212 Å². The summed E-state index contributed by atoms with van der Waals surface area (Å²) in [5.74, 6) is 0.485. The quantitative estimate of drug-likeness (QED) is 0.0541. The second-order valence-electron chi connectivity index (χ2n) is 18.5. The maximum Gasteiger partial charge on any atom is 0.187 e. The first kappa shape index (κ1) is 50.8. The number of benzene rings is 7. The van der Waals surface area contributed by atoms with Gasteiger partial charge in [-0.25, -0.2) is 4.68 Å². The Morgan fingerprint density at radius 2 is 0.730 bits per heavy atom. The third-order valence-electron chi connectivity index (χ3n) is 13.2. The minimum Gasteiger partial charge on any atom is -0.374 e. The minimum absolute atomic E-state index is 0.146. The topological polar surface area (TPSA) is 127 Å². The highest BCUT2D eigenvalue weighted by molar-refractivity contribution is 5.19. The van der Waals surface area contributed by atoms with Crippen LogP contribution in [0, 0.1) is 0 Å². The number of hydrogen-bond acceptors (Lipinski definition) is 12. The minimum atomic E-state index is -1.10. The van der Waals surface area contributed by atoms with Gasteiger partial charge in [0.05, 0.1) is 59.5 Å². The number of tetrazole rings is 1. The molecule has 1 fully saturated rings. The van der Waals surface area contributed by atoms with Crippen LogP contribution in [-0.4, -0.2) is 76.3 Å². The van der Waals surface area contributed by atoms with Gasteiger partial charge in [-0.15, -0.1) is 5.10 Å². The third-order valence-corrected chi connectivity index (χ3v) is 13.2. The summed E-state index contributed by atoms with van der Waals surface area (Å²) < 4.78 is 65.1. The lowest BCUT2D eigenvalue weighted by atomic mass is 9.94. The molecule has 0 amide bonds. The Balaban J connectivity index is 1.06. The molecule has 2 aliphatic rings. The molecule has 0 bridgehead atoms. The number of nitrogens with zero attached hydrogens (tertiary/aromatic N) is 4. The standard InChI is InChI=1S/C61H62N4O9/c1-8-22-45(23-9-1)36-66-43-52-54(56(69-39-48-28-14-4-15-29-48)58(60-62-63-64-65(52)60)71-41-50-32-18-6-19-33-50)74-61-59(72-42-51-34-20-7-21-35-51)57(70-40-49-30-16-5-17-31-49)55(68-38-47-26-12-3-13-27-47)53(73-61)44-67-37-46-24-10-2-11-25-46/h1-35,52-59,61H,36-44H2/t52-,53-,54-,55-,56+,57+,58-,59-,61+/m1/s1. The average Bonchev–Trinajstić information content (AvgIpc) is 3.96. The van der Waals surface area contributed by atoms with Crippen molar-refractivity contribution in [2.24, 2.45) is 0 Å². The van der Waals surface area contributed by atoms with Gasteiger partial charge in [-0.1, -0.05) is 212 Å². The SMILES string of the molecule is c1ccc(COC[C@@H]2[C@@H](O[C@@H]3O[C@H](COCc4ccccc4)[C@@H](OCc4ccccc4)[C@H](OCc4ccccc4)[C@H]3OCc3ccccc3)[C@H](OCc3ccccc3)[C@@H](OCc3ccccc3)c3nnnn32)cc1. The fourth-order valence-corrected chi connectivity index (χ4v) is 9.40. The van der Waals surface area contributed by atoms with Gasteiger partial charge in [-0.3, -0.25) is 0 Å². The van der Waals surface area contributed by atoms with Gasteiger partial charge in [-0.2, -0.15) is 0 Å². The Hall–Kier alpha value is -6.75. The molecule has 74 heavy (non-hydrogen) atoms. The number of ether oxygens (including phenoxy) is 9. The summed E-state index contributed by atoms with van der Waals surface area (Å²) in [4.78, 5) is 0. The van der Waals surface area contributed by atoms with Crippen molar-refractivity contribution >= 4 is 0 Å². The zero-order valence-corrected chi connectivity index (χ0v) is 41.2. The molecule has 0 saturated carbocycles. The van der Waals surface area contributed by atoms with Gasteiger partial charge in [0, 0.05) is 0 Å². The molecule has 1 aromatic heterocycles. The van der Waals surface area contributed by atoms with Crippen LogP contribution in [-0.2, 0) is 88.9 Å². The van der Waals surface area contributed by atoms with Gasteiger partial charge in [0.15, 0.2) is 12.1 Å². The van der Waals surface area contributed by atoms with Crippen molar-refractivity contribution in [2.45, 2.75) is 101 Å². The van der Waals surface area contributed by atoms with Gasteiger partial charge < -0.3 is 42.6 Å². The van der Waals surface area contributed by atoms with E-state index in [9.17, 15) is 0 Å². The van der Waals surface area contributed by atoms with E-state index in [0.717, 1.165) is 38.9 Å². The summed E-state index contributed by atoms with van der Waals surface area (Å²) in [7, 11) is 0. The van der Waals surface area contributed by atoms with Crippen LogP contribution in [0.4, 0.5) is 0 Å². The van der Waals surface area contributed by atoms with Crippen molar-refractivity contribution in [1.82, 2.24) is 20.2 Å². The van der Waals surface area contributed by atoms with E-state index in [0.29, 0.717) is 19.0 Å².